The summed E-state index contributed by atoms with van der Waals surface area (Å²) < 4.78 is 0. The van der Waals surface area contributed by atoms with Gasteiger partial charge in [0.25, 0.3) is 0 Å². The van der Waals surface area contributed by atoms with E-state index in [1.807, 2.05) is 61.5 Å². The summed E-state index contributed by atoms with van der Waals surface area (Å²) in [6, 6.07) is 17.4. The van der Waals surface area contributed by atoms with Crippen molar-refractivity contribution in [2.45, 2.75) is 13.8 Å². The molecule has 3 rings (SSSR count). The van der Waals surface area contributed by atoms with Crippen molar-refractivity contribution in [1.82, 2.24) is 4.98 Å². The molecule has 0 spiro atoms. The first kappa shape index (κ1) is 14.1. The number of benzene rings is 2. The van der Waals surface area contributed by atoms with Crippen molar-refractivity contribution in [3.05, 3.63) is 71.9 Å². The minimum absolute atomic E-state index is 0.0569. The molecule has 0 bridgehead atoms. The Hall–Kier alpha value is -2.81. The lowest BCUT2D eigenvalue weighted by atomic mass is 10.1. The number of nitrogens with zero attached hydrogens (tertiary/aromatic N) is 2. The second-order valence-electron chi connectivity index (χ2n) is 5.19. The molecule has 0 saturated heterocycles. The lowest BCUT2D eigenvalue weighted by molar-refractivity contribution is 0.101. The van der Waals surface area contributed by atoms with Crippen LogP contribution in [0.25, 0.3) is 10.9 Å². The van der Waals surface area contributed by atoms with Gasteiger partial charge in [0.05, 0.1) is 11.2 Å². The Morgan fingerprint density at radius 1 is 0.955 bits per heavy atom. The van der Waals surface area contributed by atoms with E-state index in [0.717, 1.165) is 27.9 Å². The van der Waals surface area contributed by atoms with Gasteiger partial charge in [0.1, 0.15) is 0 Å². The van der Waals surface area contributed by atoms with Crippen molar-refractivity contribution >= 4 is 28.1 Å². The molecule has 3 heteroatoms. The van der Waals surface area contributed by atoms with Crippen molar-refractivity contribution in [3.8, 4) is 0 Å². The zero-order chi connectivity index (χ0) is 15.5. The number of pyridine rings is 1. The summed E-state index contributed by atoms with van der Waals surface area (Å²) in [6.07, 6.45) is 1.77. The Bertz CT molecular complexity index is 876. The van der Waals surface area contributed by atoms with Crippen LogP contribution in [0.3, 0.4) is 0 Å². The SMILES string of the molecule is CC(=O)c1cccc(/C(C)=N/c2cccc3cccnc23)c1. The number of para-hydroxylation sites is 1. The molecule has 0 aliphatic rings. The van der Waals surface area contributed by atoms with Gasteiger partial charge in [-0.1, -0.05) is 36.4 Å². The Morgan fingerprint density at radius 2 is 1.68 bits per heavy atom. The number of hydrogen-bond donors (Lipinski definition) is 0. The maximum atomic E-state index is 11.5. The molecule has 1 aromatic heterocycles. The van der Waals surface area contributed by atoms with Gasteiger partial charge in [-0.05, 0) is 37.6 Å². The summed E-state index contributed by atoms with van der Waals surface area (Å²) >= 11 is 0. The van der Waals surface area contributed by atoms with Gasteiger partial charge in [-0.3, -0.25) is 14.8 Å². The number of fused-ring (bicyclic) bond motifs is 1. The fourth-order valence-corrected chi connectivity index (χ4v) is 2.39. The van der Waals surface area contributed by atoms with Crippen LogP contribution in [-0.2, 0) is 0 Å². The molecule has 0 aliphatic carbocycles. The lowest BCUT2D eigenvalue weighted by Gasteiger charge is -2.05. The summed E-state index contributed by atoms with van der Waals surface area (Å²) in [5.41, 5.74) is 4.22. The molecule has 3 nitrogen and oxygen atoms in total. The van der Waals surface area contributed by atoms with E-state index >= 15 is 0 Å². The predicted octanol–water partition coefficient (Wildman–Crippen LogP) is 4.58. The van der Waals surface area contributed by atoms with E-state index in [1.54, 1.807) is 13.1 Å². The molecule has 22 heavy (non-hydrogen) atoms. The summed E-state index contributed by atoms with van der Waals surface area (Å²) in [7, 11) is 0. The van der Waals surface area contributed by atoms with Crippen molar-refractivity contribution in [1.29, 1.82) is 0 Å². The van der Waals surface area contributed by atoms with Gasteiger partial charge in [0, 0.05) is 22.9 Å². The maximum Gasteiger partial charge on any atom is 0.159 e. The quantitative estimate of drug-likeness (QED) is 0.523. The molecular formula is C19H16N2O. The Balaban J connectivity index is 2.07. The first-order chi connectivity index (χ1) is 10.6. The molecule has 0 saturated carbocycles. The molecule has 1 heterocycles. The van der Waals surface area contributed by atoms with Crippen LogP contribution in [0.5, 0.6) is 0 Å². The van der Waals surface area contributed by atoms with Crippen molar-refractivity contribution in [2.75, 3.05) is 0 Å². The van der Waals surface area contributed by atoms with Crippen LogP contribution >= 0.6 is 0 Å². The minimum atomic E-state index is 0.0569. The van der Waals surface area contributed by atoms with Crippen LogP contribution in [-0.4, -0.2) is 16.5 Å². The van der Waals surface area contributed by atoms with Gasteiger partial charge in [0.2, 0.25) is 0 Å². The van der Waals surface area contributed by atoms with Gasteiger partial charge in [-0.15, -0.1) is 0 Å². The predicted molar refractivity (Wildman–Crippen MR) is 90.1 cm³/mol. The van der Waals surface area contributed by atoms with Crippen LogP contribution in [0.2, 0.25) is 0 Å². The number of hydrogen-bond acceptors (Lipinski definition) is 3. The van der Waals surface area contributed by atoms with Crippen molar-refractivity contribution < 1.29 is 4.79 Å². The second kappa shape index (κ2) is 5.90. The highest BCUT2D eigenvalue weighted by Gasteiger charge is 2.05. The summed E-state index contributed by atoms with van der Waals surface area (Å²) in [5.74, 6) is 0.0569. The highest BCUT2D eigenvalue weighted by Crippen LogP contribution is 2.24. The Kier molecular flexibility index (Phi) is 3.79. The first-order valence-electron chi connectivity index (χ1n) is 7.15. The topological polar surface area (TPSA) is 42.3 Å². The molecule has 0 radical (unpaired) electrons. The molecule has 3 aromatic rings. The smallest absolute Gasteiger partial charge is 0.159 e. The number of aromatic nitrogens is 1. The molecule has 2 aromatic carbocycles. The molecule has 0 unspecified atom stereocenters. The van der Waals surface area contributed by atoms with E-state index < -0.39 is 0 Å². The van der Waals surface area contributed by atoms with E-state index in [-0.39, 0.29) is 5.78 Å². The van der Waals surface area contributed by atoms with Crippen molar-refractivity contribution in [2.24, 2.45) is 4.99 Å². The average Bonchev–Trinajstić information content (AvgIpc) is 2.55. The standard InChI is InChI=1S/C19H16N2O/c1-13(16-7-3-8-17(12-16)14(2)22)21-18-10-4-6-15-9-5-11-20-19(15)18/h3-12H,1-2H3/b21-13+. The van der Waals surface area contributed by atoms with E-state index in [2.05, 4.69) is 4.98 Å². The summed E-state index contributed by atoms with van der Waals surface area (Å²) in [5, 5.41) is 1.06. The van der Waals surface area contributed by atoms with Crippen LogP contribution in [0, 0.1) is 0 Å². The third kappa shape index (κ3) is 2.79. The average molecular weight is 288 g/mol. The zero-order valence-corrected chi connectivity index (χ0v) is 12.6. The minimum Gasteiger partial charge on any atom is -0.295 e. The summed E-state index contributed by atoms with van der Waals surface area (Å²) in [6.45, 7) is 3.52. The number of ketones is 1. The normalized spacial score (nSPS) is 11.6. The van der Waals surface area contributed by atoms with E-state index in [4.69, 9.17) is 4.99 Å². The number of carbonyl (C=O) groups is 1. The second-order valence-corrected chi connectivity index (χ2v) is 5.19. The van der Waals surface area contributed by atoms with Gasteiger partial charge in [-0.25, -0.2) is 0 Å². The molecule has 0 aliphatic heterocycles. The van der Waals surface area contributed by atoms with Crippen LogP contribution in [0.1, 0.15) is 29.8 Å². The highest BCUT2D eigenvalue weighted by atomic mass is 16.1. The third-order valence-corrected chi connectivity index (χ3v) is 3.59. The number of rotatable bonds is 3. The van der Waals surface area contributed by atoms with Gasteiger partial charge < -0.3 is 0 Å². The number of carbonyl (C=O) groups excluding carboxylic acids is 1. The van der Waals surface area contributed by atoms with Gasteiger partial charge in [-0.2, -0.15) is 0 Å². The van der Waals surface area contributed by atoms with E-state index in [1.165, 1.54) is 0 Å². The van der Waals surface area contributed by atoms with Gasteiger partial charge in [0.15, 0.2) is 5.78 Å². The fourth-order valence-electron chi connectivity index (χ4n) is 2.39. The Labute approximate surface area is 129 Å². The van der Waals surface area contributed by atoms with E-state index in [0.29, 0.717) is 5.56 Å². The molecule has 0 N–H and O–H groups in total. The van der Waals surface area contributed by atoms with Crippen LogP contribution in [0.15, 0.2) is 65.8 Å². The first-order valence-corrected chi connectivity index (χ1v) is 7.15. The largest absolute Gasteiger partial charge is 0.295 e. The van der Waals surface area contributed by atoms with Crippen LogP contribution < -0.4 is 0 Å². The molecule has 0 fully saturated rings. The zero-order valence-electron chi connectivity index (χ0n) is 12.6. The summed E-state index contributed by atoms with van der Waals surface area (Å²) in [4.78, 5) is 20.6. The molecule has 0 atom stereocenters. The molecule has 108 valence electrons. The fraction of sp³-hybridized carbons (Fsp3) is 0.105. The molecule has 0 amide bonds. The number of Topliss-reactive ketones (excluding diaryl/α,β-unsaturated/α-hetero) is 1. The molecular weight excluding hydrogens is 272 g/mol. The monoisotopic (exact) mass is 288 g/mol. The van der Waals surface area contributed by atoms with Gasteiger partial charge >= 0.3 is 0 Å². The number of aliphatic imine (C=N–C) groups is 1. The van der Waals surface area contributed by atoms with E-state index in [9.17, 15) is 4.79 Å². The third-order valence-electron chi connectivity index (χ3n) is 3.59. The maximum absolute atomic E-state index is 11.5. The highest BCUT2D eigenvalue weighted by molar-refractivity contribution is 6.04. The van der Waals surface area contributed by atoms with Crippen LogP contribution in [0.4, 0.5) is 5.69 Å². The van der Waals surface area contributed by atoms with Crippen molar-refractivity contribution in [3.63, 3.8) is 0 Å². The Morgan fingerprint density at radius 3 is 2.50 bits per heavy atom. The lowest BCUT2D eigenvalue weighted by Crippen LogP contribution is -1.98.